The van der Waals surface area contributed by atoms with E-state index in [4.69, 9.17) is 0 Å². The highest BCUT2D eigenvalue weighted by Crippen LogP contribution is 2.18. The summed E-state index contributed by atoms with van der Waals surface area (Å²) in [6, 6.07) is 0.357. The van der Waals surface area contributed by atoms with Crippen LogP contribution in [0.25, 0.3) is 0 Å². The van der Waals surface area contributed by atoms with Crippen LogP contribution in [0.15, 0.2) is 0 Å². The fourth-order valence-corrected chi connectivity index (χ4v) is 1.34. The summed E-state index contributed by atoms with van der Waals surface area (Å²) in [5.41, 5.74) is 0. The van der Waals surface area contributed by atoms with E-state index in [1.54, 1.807) is 4.90 Å². The molecule has 1 aliphatic rings. The molecule has 1 rings (SSSR count). The maximum Gasteiger partial charge on any atom is 0.239 e. The minimum Gasteiger partial charge on any atom is -0.352 e. The van der Waals surface area contributed by atoms with E-state index in [2.05, 4.69) is 5.32 Å². The predicted molar refractivity (Wildman–Crippen MR) is 62.0 cm³/mol. The van der Waals surface area contributed by atoms with Gasteiger partial charge in [-0.25, -0.2) is 0 Å². The van der Waals surface area contributed by atoms with Crippen LogP contribution in [0.3, 0.4) is 0 Å². The summed E-state index contributed by atoms with van der Waals surface area (Å²) in [6.07, 6.45) is 2.15. The van der Waals surface area contributed by atoms with Gasteiger partial charge in [0.2, 0.25) is 11.8 Å². The predicted octanol–water partition coefficient (Wildman–Crippen LogP) is -0.325. The molecular formula is C11H21N3O2. The first kappa shape index (κ1) is 13.0. The number of nitrogens with zero attached hydrogens (tertiary/aromatic N) is 2. The van der Waals surface area contributed by atoms with Gasteiger partial charge in [-0.05, 0) is 26.9 Å². The molecule has 1 aliphatic carbocycles. The minimum atomic E-state index is -0.0483. The minimum absolute atomic E-state index is 0.0449. The van der Waals surface area contributed by atoms with Crippen LogP contribution >= 0.6 is 0 Å². The summed E-state index contributed by atoms with van der Waals surface area (Å²) in [5, 5.41) is 2.88. The van der Waals surface area contributed by atoms with Crippen molar-refractivity contribution < 1.29 is 9.59 Å². The monoisotopic (exact) mass is 227 g/mol. The van der Waals surface area contributed by atoms with Crippen molar-refractivity contribution in [2.24, 2.45) is 0 Å². The largest absolute Gasteiger partial charge is 0.352 e. The molecule has 92 valence electrons. The van der Waals surface area contributed by atoms with E-state index >= 15 is 0 Å². The van der Waals surface area contributed by atoms with Gasteiger partial charge in [-0.15, -0.1) is 0 Å². The summed E-state index contributed by atoms with van der Waals surface area (Å²) >= 11 is 0. The molecule has 0 bridgehead atoms. The first-order chi connectivity index (χ1) is 7.49. The summed E-state index contributed by atoms with van der Waals surface area (Å²) in [4.78, 5) is 26.4. The van der Waals surface area contributed by atoms with E-state index in [1.165, 1.54) is 6.92 Å². The van der Waals surface area contributed by atoms with Crippen LogP contribution in [0.2, 0.25) is 0 Å². The van der Waals surface area contributed by atoms with Gasteiger partial charge in [-0.3, -0.25) is 9.59 Å². The second-order valence-electron chi connectivity index (χ2n) is 4.59. The summed E-state index contributed by atoms with van der Waals surface area (Å²) in [5.74, 6) is -0.0933. The van der Waals surface area contributed by atoms with Crippen molar-refractivity contribution >= 4 is 11.8 Å². The van der Waals surface area contributed by atoms with Crippen molar-refractivity contribution in [3.8, 4) is 0 Å². The molecule has 0 unspecified atom stereocenters. The molecule has 1 fully saturated rings. The number of amides is 2. The van der Waals surface area contributed by atoms with Crippen LogP contribution in [0, 0.1) is 0 Å². The molecule has 0 atom stereocenters. The van der Waals surface area contributed by atoms with E-state index in [0.29, 0.717) is 12.6 Å². The second kappa shape index (κ2) is 5.84. The SMILES string of the molecule is CC(=O)N(CCN(C)C)CC(=O)NC1CC1. The number of hydrogen-bond donors (Lipinski definition) is 1. The van der Waals surface area contributed by atoms with E-state index in [9.17, 15) is 9.59 Å². The lowest BCUT2D eigenvalue weighted by atomic mass is 10.4. The fraction of sp³-hybridized carbons (Fsp3) is 0.818. The van der Waals surface area contributed by atoms with Gasteiger partial charge >= 0.3 is 0 Å². The molecule has 0 spiro atoms. The Morgan fingerprint density at radius 3 is 2.31 bits per heavy atom. The molecule has 2 amide bonds. The number of carbonyl (C=O) groups excluding carboxylic acids is 2. The molecule has 0 aromatic carbocycles. The zero-order chi connectivity index (χ0) is 12.1. The Morgan fingerprint density at radius 1 is 1.25 bits per heavy atom. The number of hydrogen-bond acceptors (Lipinski definition) is 3. The quantitative estimate of drug-likeness (QED) is 0.676. The first-order valence-corrected chi connectivity index (χ1v) is 5.68. The fourth-order valence-electron chi connectivity index (χ4n) is 1.34. The Kier molecular flexibility index (Phi) is 4.73. The number of nitrogens with one attached hydrogen (secondary N) is 1. The molecule has 1 saturated carbocycles. The zero-order valence-electron chi connectivity index (χ0n) is 10.3. The van der Waals surface area contributed by atoms with E-state index in [1.807, 2.05) is 19.0 Å². The van der Waals surface area contributed by atoms with Gasteiger partial charge in [0.15, 0.2) is 0 Å². The molecule has 0 saturated heterocycles. The zero-order valence-corrected chi connectivity index (χ0v) is 10.3. The normalized spacial score (nSPS) is 15.0. The maximum absolute atomic E-state index is 11.5. The van der Waals surface area contributed by atoms with Crippen LogP contribution < -0.4 is 5.32 Å². The highest BCUT2D eigenvalue weighted by atomic mass is 16.2. The Hall–Kier alpha value is -1.10. The van der Waals surface area contributed by atoms with Gasteiger partial charge in [0.25, 0.3) is 0 Å². The van der Waals surface area contributed by atoms with Crippen LogP contribution in [0.5, 0.6) is 0 Å². The lowest BCUT2D eigenvalue weighted by Crippen LogP contribution is -2.43. The topological polar surface area (TPSA) is 52.7 Å². The number of carbonyl (C=O) groups is 2. The molecule has 0 aliphatic heterocycles. The van der Waals surface area contributed by atoms with Crippen LogP contribution in [-0.2, 0) is 9.59 Å². The first-order valence-electron chi connectivity index (χ1n) is 5.68. The van der Waals surface area contributed by atoms with Gasteiger partial charge in [0, 0.05) is 26.1 Å². The molecule has 0 radical (unpaired) electrons. The average Bonchev–Trinajstić information content (AvgIpc) is 2.95. The van der Waals surface area contributed by atoms with Crippen molar-refractivity contribution in [3.05, 3.63) is 0 Å². The van der Waals surface area contributed by atoms with Crippen molar-refractivity contribution in [2.45, 2.75) is 25.8 Å². The lowest BCUT2D eigenvalue weighted by Gasteiger charge is -2.22. The summed E-state index contributed by atoms with van der Waals surface area (Å²) in [6.45, 7) is 3.05. The third-order valence-electron chi connectivity index (χ3n) is 2.54. The second-order valence-corrected chi connectivity index (χ2v) is 4.59. The Labute approximate surface area is 96.8 Å². The molecule has 16 heavy (non-hydrogen) atoms. The van der Waals surface area contributed by atoms with Crippen molar-refractivity contribution in [1.29, 1.82) is 0 Å². The van der Waals surface area contributed by atoms with E-state index in [-0.39, 0.29) is 18.4 Å². The van der Waals surface area contributed by atoms with Crippen LogP contribution in [0.1, 0.15) is 19.8 Å². The molecule has 5 heteroatoms. The average molecular weight is 227 g/mol. The highest BCUT2D eigenvalue weighted by molar-refractivity contribution is 5.84. The third-order valence-corrected chi connectivity index (χ3v) is 2.54. The third kappa shape index (κ3) is 5.11. The standard InChI is InChI=1S/C11H21N3O2/c1-9(15)14(7-6-13(2)3)8-11(16)12-10-4-5-10/h10H,4-8H2,1-3H3,(H,12,16). The molecule has 0 heterocycles. The lowest BCUT2D eigenvalue weighted by molar-refractivity contribution is -0.134. The van der Waals surface area contributed by atoms with E-state index in [0.717, 1.165) is 19.4 Å². The summed E-state index contributed by atoms with van der Waals surface area (Å²) < 4.78 is 0. The van der Waals surface area contributed by atoms with Gasteiger partial charge in [0.1, 0.15) is 0 Å². The van der Waals surface area contributed by atoms with Gasteiger partial charge in [0.05, 0.1) is 6.54 Å². The Morgan fingerprint density at radius 2 is 1.88 bits per heavy atom. The molecular weight excluding hydrogens is 206 g/mol. The molecule has 1 N–H and O–H groups in total. The van der Waals surface area contributed by atoms with Gasteiger partial charge < -0.3 is 15.1 Å². The van der Waals surface area contributed by atoms with Crippen LogP contribution in [0.4, 0.5) is 0 Å². The van der Waals surface area contributed by atoms with Crippen molar-refractivity contribution in [3.63, 3.8) is 0 Å². The molecule has 0 aromatic heterocycles. The molecule has 5 nitrogen and oxygen atoms in total. The summed E-state index contributed by atoms with van der Waals surface area (Å²) in [7, 11) is 3.89. The Balaban J connectivity index is 2.30. The number of rotatable bonds is 6. The highest BCUT2D eigenvalue weighted by Gasteiger charge is 2.24. The van der Waals surface area contributed by atoms with Crippen LogP contribution in [-0.4, -0.2) is 61.4 Å². The maximum atomic E-state index is 11.5. The van der Waals surface area contributed by atoms with Crippen molar-refractivity contribution in [2.75, 3.05) is 33.7 Å². The molecule has 0 aromatic rings. The van der Waals surface area contributed by atoms with E-state index < -0.39 is 0 Å². The smallest absolute Gasteiger partial charge is 0.239 e. The van der Waals surface area contributed by atoms with Crippen molar-refractivity contribution in [1.82, 2.24) is 15.1 Å². The van der Waals surface area contributed by atoms with Gasteiger partial charge in [-0.1, -0.05) is 0 Å². The Bertz CT molecular complexity index is 262. The van der Waals surface area contributed by atoms with Gasteiger partial charge in [-0.2, -0.15) is 0 Å². The number of likely N-dealkylation sites (N-methyl/N-ethyl adjacent to an activating group) is 1.